The van der Waals surface area contributed by atoms with E-state index in [-0.39, 0.29) is 10.8 Å². The van der Waals surface area contributed by atoms with E-state index in [9.17, 15) is 0 Å². The Kier molecular flexibility index (Phi) is 7.51. The molecule has 0 spiro atoms. The third kappa shape index (κ3) is 5.26. The van der Waals surface area contributed by atoms with Gasteiger partial charge in [-0.25, -0.2) is 25.0 Å². The Morgan fingerprint density at radius 2 is 1.23 bits per heavy atom. The molecule has 0 saturated heterocycles. The normalized spacial score (nSPS) is 36.8. The fourth-order valence-electron chi connectivity index (χ4n) is 16.9. The summed E-state index contributed by atoms with van der Waals surface area (Å²) in [7, 11) is -4.11. The van der Waals surface area contributed by atoms with Crippen LogP contribution in [0.3, 0.4) is 0 Å². The molecule has 2 aromatic carbocycles. The maximum absolute atomic E-state index is 8.42. The standard InChI is InChI=1S/C54H56N8O2Si/c1-2-10-38-37(9-1)45-55-46(38)58-50-43-15-7-8-16-44(43)52-60-48-40-12-4-3-11-39(40)47(56-48)59-51-42-14-6-5-13-41(42)49(57-45)61(51)65(62(50)52,63-29-53-23-31-17-32(24-53)19-33(18-31)25-53)64-30-54-26-34-20-35(27-54)22-36(21-34)28-54/h1,4-9,12-16,31-36,50,56H,2-3,10-11,17-30H2. The van der Waals surface area contributed by atoms with E-state index >= 15 is 0 Å². The van der Waals surface area contributed by atoms with Gasteiger partial charge in [0.15, 0.2) is 11.7 Å². The van der Waals surface area contributed by atoms with E-state index in [2.05, 4.69) is 86.6 Å². The highest BCUT2D eigenvalue weighted by molar-refractivity contribution is 6.66. The van der Waals surface area contributed by atoms with Gasteiger partial charge in [0, 0.05) is 57.4 Å². The molecule has 2 aromatic heterocycles. The summed E-state index contributed by atoms with van der Waals surface area (Å²) in [6.45, 7) is 1.31. The first-order valence-corrected chi connectivity index (χ1v) is 27.0. The Hall–Kier alpha value is -4.97. The number of rotatable bonds is 6. The number of H-pyrrole nitrogens is 1. The highest BCUT2D eigenvalue weighted by Gasteiger charge is 2.63. The third-order valence-corrected chi connectivity index (χ3v) is 21.7. The SMILES string of the molecule is C1=CC2=C(CC1)C1=NC3c4ccccc4C4=Nc5[nH]c(c6c5C=CCC6)N=c5c6ccccc6c(n5[Si](OCC56CC7CC(CC(C7)C5)C6)(OCC56CC7CC(CC(C7)C5)C6)N43)=NC2=N1. The molecule has 4 aromatic rings. The van der Waals surface area contributed by atoms with Crippen LogP contribution in [-0.4, -0.2) is 53.4 Å². The van der Waals surface area contributed by atoms with E-state index in [0.29, 0.717) is 13.2 Å². The zero-order valence-electron chi connectivity index (χ0n) is 37.1. The summed E-state index contributed by atoms with van der Waals surface area (Å²) in [5, 5.41) is 2.10. The van der Waals surface area contributed by atoms with Crippen LogP contribution in [0.5, 0.6) is 0 Å². The van der Waals surface area contributed by atoms with Crippen molar-refractivity contribution in [1.82, 2.24) is 13.8 Å². The van der Waals surface area contributed by atoms with Gasteiger partial charge in [0.25, 0.3) is 0 Å². The number of aliphatic imine (C=N–C) groups is 3. The van der Waals surface area contributed by atoms with Crippen molar-refractivity contribution >= 4 is 54.9 Å². The van der Waals surface area contributed by atoms with Gasteiger partial charge in [-0.1, -0.05) is 72.8 Å². The largest absolute Gasteiger partial charge is 0.599 e. The molecule has 0 radical (unpaired) electrons. The maximum Gasteiger partial charge on any atom is 0.599 e. The molecule has 14 bridgehead atoms. The fraction of sp³-hybridized carbons (Fsp3) is 0.500. The molecule has 18 rings (SSSR count). The molecule has 1 N–H and O–H groups in total. The van der Waals surface area contributed by atoms with Gasteiger partial charge in [0.2, 0.25) is 0 Å². The molecular weight excluding hydrogens is 821 g/mol. The van der Waals surface area contributed by atoms with Gasteiger partial charge in [-0.3, -0.25) is 8.80 Å². The molecule has 328 valence electrons. The zero-order chi connectivity index (χ0) is 42.2. The highest BCUT2D eigenvalue weighted by Crippen LogP contribution is 2.62. The van der Waals surface area contributed by atoms with Crippen molar-refractivity contribution in [2.75, 3.05) is 13.2 Å². The summed E-state index contributed by atoms with van der Waals surface area (Å²) < 4.78 is 21.8. The first kappa shape index (κ1) is 37.2. The Bertz CT molecular complexity index is 3010. The number of amidine groups is 3. The molecule has 1 unspecified atom stereocenters. The van der Waals surface area contributed by atoms with E-state index in [0.717, 1.165) is 134 Å². The number of hydrogen-bond acceptors (Lipinski definition) is 8. The van der Waals surface area contributed by atoms with Crippen LogP contribution in [0.4, 0.5) is 11.6 Å². The second-order valence-electron chi connectivity index (χ2n) is 22.9. The molecular formula is C54H56N8O2Si. The molecule has 11 heteroatoms. The fourth-order valence-corrected chi connectivity index (χ4v) is 20.6. The molecule has 6 heterocycles. The number of nitrogens with zero attached hydrogens (tertiary/aromatic N) is 7. The molecule has 65 heavy (non-hydrogen) atoms. The van der Waals surface area contributed by atoms with Crippen LogP contribution in [0.15, 0.2) is 103 Å². The van der Waals surface area contributed by atoms with Crippen molar-refractivity contribution in [2.24, 2.45) is 71.3 Å². The summed E-state index contributed by atoms with van der Waals surface area (Å²) in [6, 6.07) is 17.7. The van der Waals surface area contributed by atoms with Crippen molar-refractivity contribution in [2.45, 2.75) is 109 Å². The summed E-state index contributed by atoms with van der Waals surface area (Å²) >= 11 is 0. The highest BCUT2D eigenvalue weighted by atomic mass is 28.4. The number of allylic oxidation sites excluding steroid dienone is 2. The quantitative estimate of drug-likeness (QED) is 0.195. The Morgan fingerprint density at radius 3 is 1.91 bits per heavy atom. The van der Waals surface area contributed by atoms with Crippen LogP contribution in [0.25, 0.3) is 16.8 Å². The second kappa shape index (κ2) is 13.1. The van der Waals surface area contributed by atoms with Crippen LogP contribution in [0, 0.1) is 46.3 Å². The number of aromatic amines is 1. The summed E-state index contributed by atoms with van der Waals surface area (Å²) in [5.41, 5.74) is 8.68. The molecule has 8 saturated carbocycles. The Balaban J connectivity index is 1.03. The molecule has 4 aliphatic heterocycles. The van der Waals surface area contributed by atoms with Crippen LogP contribution in [-0.2, 0) is 15.3 Å². The van der Waals surface area contributed by atoms with Gasteiger partial charge in [0.1, 0.15) is 34.6 Å². The number of aromatic nitrogens is 2. The van der Waals surface area contributed by atoms with Crippen molar-refractivity contribution in [3.05, 3.63) is 111 Å². The van der Waals surface area contributed by atoms with E-state index in [4.69, 9.17) is 33.8 Å². The van der Waals surface area contributed by atoms with E-state index in [1.807, 2.05) is 0 Å². The smallest absolute Gasteiger partial charge is 0.361 e. The predicted octanol–water partition coefficient (Wildman–Crippen LogP) is 10.1. The van der Waals surface area contributed by atoms with Crippen LogP contribution in [0.1, 0.15) is 125 Å². The van der Waals surface area contributed by atoms with Crippen LogP contribution in [0.2, 0.25) is 0 Å². The lowest BCUT2D eigenvalue weighted by Gasteiger charge is -2.58. The lowest BCUT2D eigenvalue weighted by Crippen LogP contribution is -2.71. The van der Waals surface area contributed by atoms with Crippen LogP contribution < -0.4 is 11.0 Å². The third-order valence-electron chi connectivity index (χ3n) is 18.6. The number of benzene rings is 2. The van der Waals surface area contributed by atoms with Crippen molar-refractivity contribution < 1.29 is 8.85 Å². The first-order chi connectivity index (χ1) is 32.0. The minimum atomic E-state index is -4.11. The Labute approximate surface area is 380 Å². The summed E-state index contributed by atoms with van der Waals surface area (Å²) in [4.78, 5) is 32.7. The molecule has 10 nitrogen and oxygen atoms in total. The van der Waals surface area contributed by atoms with Gasteiger partial charge in [-0.15, -0.1) is 0 Å². The first-order valence-electron chi connectivity index (χ1n) is 25.3. The molecule has 14 aliphatic rings. The molecule has 1 atom stereocenters. The Morgan fingerprint density at radius 1 is 0.631 bits per heavy atom. The molecule has 10 aliphatic carbocycles. The predicted molar refractivity (Wildman–Crippen MR) is 254 cm³/mol. The average Bonchev–Trinajstić information content (AvgIpc) is 4.02. The summed E-state index contributed by atoms with van der Waals surface area (Å²) in [5.74, 6) is 8.84. The van der Waals surface area contributed by atoms with Crippen molar-refractivity contribution in [3.8, 4) is 0 Å². The van der Waals surface area contributed by atoms with Gasteiger partial charge in [0.05, 0.1) is 0 Å². The minimum Gasteiger partial charge on any atom is -0.361 e. The molecule has 0 amide bonds. The second-order valence-corrected chi connectivity index (χ2v) is 25.5. The maximum atomic E-state index is 8.42. The van der Waals surface area contributed by atoms with Crippen LogP contribution >= 0.6 is 0 Å². The number of nitrogens with one attached hydrogen (secondary N) is 1. The van der Waals surface area contributed by atoms with Crippen molar-refractivity contribution in [1.29, 1.82) is 0 Å². The molecule has 8 fully saturated rings. The van der Waals surface area contributed by atoms with E-state index in [1.54, 1.807) is 0 Å². The monoisotopic (exact) mass is 876 g/mol. The summed E-state index contributed by atoms with van der Waals surface area (Å²) in [6.07, 6.45) is 28.1. The zero-order valence-corrected chi connectivity index (χ0v) is 38.1. The van der Waals surface area contributed by atoms with Gasteiger partial charge >= 0.3 is 8.88 Å². The van der Waals surface area contributed by atoms with Gasteiger partial charge in [-0.2, -0.15) is 0 Å². The minimum absolute atomic E-state index is 0.113. The number of fused-ring (bicyclic) bond motifs is 14. The topological polar surface area (TPSA) is 104 Å². The van der Waals surface area contributed by atoms with E-state index < -0.39 is 15.0 Å². The lowest BCUT2D eigenvalue weighted by atomic mass is 9.50. The van der Waals surface area contributed by atoms with Crippen molar-refractivity contribution in [3.63, 3.8) is 0 Å². The van der Waals surface area contributed by atoms with E-state index in [1.165, 1.54) is 88.2 Å². The van der Waals surface area contributed by atoms with Gasteiger partial charge < -0.3 is 13.8 Å². The van der Waals surface area contributed by atoms with Gasteiger partial charge in [-0.05, 0) is 149 Å². The number of hydrogen-bond donors (Lipinski definition) is 1. The average molecular weight is 877 g/mol. The lowest BCUT2D eigenvalue weighted by molar-refractivity contribution is -0.100.